The van der Waals surface area contributed by atoms with E-state index in [1.54, 1.807) is 62.4 Å². The zero-order valence-corrected chi connectivity index (χ0v) is 14.5. The predicted molar refractivity (Wildman–Crippen MR) is 92.6 cm³/mol. The number of esters is 1. The summed E-state index contributed by atoms with van der Waals surface area (Å²) in [4.78, 5) is 23.9. The van der Waals surface area contributed by atoms with Crippen molar-refractivity contribution in [2.45, 2.75) is 20.0 Å². The topological polar surface area (TPSA) is 52.6 Å². The molecule has 2 rings (SSSR count). The van der Waals surface area contributed by atoms with E-state index in [2.05, 4.69) is 0 Å². The second kappa shape index (κ2) is 7.97. The SMILES string of the molecule is COC(=O)C(C)C(C)Oc1ccc(C(=O)c2ccc(Cl)cc2)cc1. The van der Waals surface area contributed by atoms with Crippen LogP contribution in [0.3, 0.4) is 0 Å². The lowest BCUT2D eigenvalue weighted by Crippen LogP contribution is -2.29. The summed E-state index contributed by atoms with van der Waals surface area (Å²) < 4.78 is 10.4. The molecule has 0 amide bonds. The second-order valence-corrected chi connectivity index (χ2v) is 5.93. The van der Waals surface area contributed by atoms with E-state index in [-0.39, 0.29) is 23.8 Å². The van der Waals surface area contributed by atoms with Crippen molar-refractivity contribution in [1.82, 2.24) is 0 Å². The van der Waals surface area contributed by atoms with Gasteiger partial charge in [0.1, 0.15) is 11.9 Å². The van der Waals surface area contributed by atoms with E-state index in [1.165, 1.54) is 7.11 Å². The first-order valence-electron chi connectivity index (χ1n) is 7.57. The van der Waals surface area contributed by atoms with Crippen LogP contribution < -0.4 is 4.74 Å². The summed E-state index contributed by atoms with van der Waals surface area (Å²) in [6.45, 7) is 3.54. The summed E-state index contributed by atoms with van der Waals surface area (Å²) in [6, 6.07) is 13.6. The molecule has 0 saturated heterocycles. The number of ether oxygens (including phenoxy) is 2. The molecular formula is C19H19ClO4. The standard InChI is InChI=1S/C19H19ClO4/c1-12(19(22)23-3)13(2)24-17-10-6-15(7-11-17)18(21)14-4-8-16(20)9-5-14/h4-13H,1-3H3. The van der Waals surface area contributed by atoms with Gasteiger partial charge < -0.3 is 9.47 Å². The van der Waals surface area contributed by atoms with Gasteiger partial charge in [-0.2, -0.15) is 0 Å². The summed E-state index contributed by atoms with van der Waals surface area (Å²) in [5.74, 6) is -0.206. The van der Waals surface area contributed by atoms with E-state index in [0.29, 0.717) is 21.9 Å². The molecule has 2 atom stereocenters. The molecule has 0 aliphatic carbocycles. The van der Waals surface area contributed by atoms with Crippen molar-refractivity contribution in [2.75, 3.05) is 7.11 Å². The van der Waals surface area contributed by atoms with Crippen molar-refractivity contribution in [3.05, 3.63) is 64.7 Å². The van der Waals surface area contributed by atoms with Gasteiger partial charge in [0, 0.05) is 16.1 Å². The van der Waals surface area contributed by atoms with Crippen molar-refractivity contribution in [1.29, 1.82) is 0 Å². The molecule has 4 nitrogen and oxygen atoms in total. The van der Waals surface area contributed by atoms with E-state index in [1.807, 2.05) is 0 Å². The number of ketones is 1. The number of hydrogen-bond donors (Lipinski definition) is 0. The third-order valence-electron chi connectivity index (χ3n) is 3.82. The number of rotatable bonds is 6. The summed E-state index contributed by atoms with van der Waals surface area (Å²) in [5, 5.41) is 0.587. The Bertz CT molecular complexity index is 707. The fourth-order valence-electron chi connectivity index (χ4n) is 2.15. The minimum absolute atomic E-state index is 0.0887. The van der Waals surface area contributed by atoms with Crippen molar-refractivity contribution in [3.63, 3.8) is 0 Å². The van der Waals surface area contributed by atoms with Crippen LogP contribution in [0.1, 0.15) is 29.8 Å². The highest BCUT2D eigenvalue weighted by Crippen LogP contribution is 2.20. The second-order valence-electron chi connectivity index (χ2n) is 5.50. The van der Waals surface area contributed by atoms with Crippen LogP contribution in [0.15, 0.2) is 48.5 Å². The highest BCUT2D eigenvalue weighted by Gasteiger charge is 2.22. The average molecular weight is 347 g/mol. The van der Waals surface area contributed by atoms with Crippen molar-refractivity contribution < 1.29 is 19.1 Å². The molecule has 0 fully saturated rings. The van der Waals surface area contributed by atoms with Crippen LogP contribution in [0.2, 0.25) is 5.02 Å². The normalized spacial score (nSPS) is 13.0. The smallest absolute Gasteiger partial charge is 0.312 e. The third-order valence-corrected chi connectivity index (χ3v) is 4.07. The van der Waals surface area contributed by atoms with Crippen LogP contribution in [-0.4, -0.2) is 25.0 Å². The number of carbonyl (C=O) groups is 2. The first kappa shape index (κ1) is 18.0. The quantitative estimate of drug-likeness (QED) is 0.582. The van der Waals surface area contributed by atoms with Crippen LogP contribution in [0.25, 0.3) is 0 Å². The minimum atomic E-state index is -0.384. The Balaban J connectivity index is 2.06. The van der Waals surface area contributed by atoms with Crippen LogP contribution >= 0.6 is 11.6 Å². The molecule has 0 N–H and O–H groups in total. The lowest BCUT2D eigenvalue weighted by atomic mass is 10.0. The molecule has 0 aliphatic rings. The van der Waals surface area contributed by atoms with E-state index in [0.717, 1.165) is 0 Å². The highest BCUT2D eigenvalue weighted by atomic mass is 35.5. The van der Waals surface area contributed by atoms with E-state index in [4.69, 9.17) is 21.1 Å². The zero-order valence-electron chi connectivity index (χ0n) is 13.8. The Morgan fingerprint density at radius 3 is 1.92 bits per heavy atom. The lowest BCUT2D eigenvalue weighted by Gasteiger charge is -2.19. The molecule has 0 aliphatic heterocycles. The van der Waals surface area contributed by atoms with Crippen LogP contribution in [-0.2, 0) is 9.53 Å². The van der Waals surface area contributed by atoms with Gasteiger partial charge in [0.05, 0.1) is 13.0 Å². The molecule has 24 heavy (non-hydrogen) atoms. The molecule has 5 heteroatoms. The maximum absolute atomic E-state index is 12.4. The Kier molecular flexibility index (Phi) is 5.99. The van der Waals surface area contributed by atoms with Gasteiger partial charge in [-0.15, -0.1) is 0 Å². The minimum Gasteiger partial charge on any atom is -0.490 e. The molecule has 2 aromatic rings. The van der Waals surface area contributed by atoms with E-state index in [9.17, 15) is 9.59 Å². The van der Waals surface area contributed by atoms with Crippen LogP contribution in [0.5, 0.6) is 5.75 Å². The molecule has 0 heterocycles. The van der Waals surface area contributed by atoms with Crippen LogP contribution in [0.4, 0.5) is 0 Å². The van der Waals surface area contributed by atoms with Crippen molar-refractivity contribution in [2.24, 2.45) is 5.92 Å². The molecule has 0 radical (unpaired) electrons. The van der Waals surface area contributed by atoms with Gasteiger partial charge in [-0.1, -0.05) is 11.6 Å². The monoisotopic (exact) mass is 346 g/mol. The van der Waals surface area contributed by atoms with Gasteiger partial charge in [-0.3, -0.25) is 9.59 Å². The molecule has 126 valence electrons. The van der Waals surface area contributed by atoms with Gasteiger partial charge in [-0.25, -0.2) is 0 Å². The fourth-order valence-corrected chi connectivity index (χ4v) is 2.27. The highest BCUT2D eigenvalue weighted by molar-refractivity contribution is 6.30. The number of methoxy groups -OCH3 is 1. The van der Waals surface area contributed by atoms with Gasteiger partial charge >= 0.3 is 5.97 Å². The Hall–Kier alpha value is -2.33. The van der Waals surface area contributed by atoms with E-state index >= 15 is 0 Å². The molecular weight excluding hydrogens is 328 g/mol. The third kappa shape index (κ3) is 4.36. The Labute approximate surface area is 146 Å². The van der Waals surface area contributed by atoms with Gasteiger partial charge in [0.15, 0.2) is 5.78 Å². The lowest BCUT2D eigenvalue weighted by molar-refractivity contribution is -0.147. The number of hydrogen-bond acceptors (Lipinski definition) is 4. The Morgan fingerprint density at radius 1 is 0.917 bits per heavy atom. The molecule has 0 saturated carbocycles. The van der Waals surface area contributed by atoms with Gasteiger partial charge in [0.2, 0.25) is 0 Å². The van der Waals surface area contributed by atoms with Crippen molar-refractivity contribution in [3.8, 4) is 5.75 Å². The summed E-state index contributed by atoms with van der Waals surface area (Å²) in [5.41, 5.74) is 1.12. The molecule has 0 bridgehead atoms. The van der Waals surface area contributed by atoms with Gasteiger partial charge in [-0.05, 0) is 62.4 Å². The molecule has 2 unspecified atom stereocenters. The number of halogens is 1. The predicted octanol–water partition coefficient (Wildman–Crippen LogP) is 4.15. The molecule has 0 spiro atoms. The average Bonchev–Trinajstić information content (AvgIpc) is 2.61. The first-order valence-corrected chi connectivity index (χ1v) is 7.95. The number of carbonyl (C=O) groups excluding carboxylic acids is 2. The number of benzene rings is 2. The zero-order chi connectivity index (χ0) is 17.7. The summed E-state index contributed by atoms with van der Waals surface area (Å²) in [7, 11) is 1.35. The molecule has 2 aromatic carbocycles. The van der Waals surface area contributed by atoms with Crippen molar-refractivity contribution >= 4 is 23.4 Å². The van der Waals surface area contributed by atoms with Crippen LogP contribution in [0, 0.1) is 5.92 Å². The molecule has 0 aromatic heterocycles. The van der Waals surface area contributed by atoms with E-state index < -0.39 is 0 Å². The largest absolute Gasteiger partial charge is 0.490 e. The maximum Gasteiger partial charge on any atom is 0.312 e. The first-order chi connectivity index (χ1) is 11.4. The maximum atomic E-state index is 12.4. The fraction of sp³-hybridized carbons (Fsp3) is 0.263. The Morgan fingerprint density at radius 2 is 1.42 bits per heavy atom. The van der Waals surface area contributed by atoms with Gasteiger partial charge in [0.25, 0.3) is 0 Å². The summed E-state index contributed by atoms with van der Waals surface area (Å²) >= 11 is 5.83. The summed E-state index contributed by atoms with van der Waals surface area (Å²) in [6.07, 6.45) is -0.338.